The Bertz CT molecular complexity index is 1120. The number of halogens is 1. The maximum Gasteiger partial charge on any atom is 0.270 e. The number of thioether (sulfide) groups is 1. The third-order valence-electron chi connectivity index (χ3n) is 4.23. The number of aromatic amines is 1. The van der Waals surface area contributed by atoms with Crippen molar-refractivity contribution in [3.05, 3.63) is 69.0 Å². The van der Waals surface area contributed by atoms with Crippen LogP contribution in [0.5, 0.6) is 11.5 Å². The van der Waals surface area contributed by atoms with Crippen molar-refractivity contribution >= 4 is 23.4 Å². The van der Waals surface area contributed by atoms with Crippen LogP contribution in [0.2, 0.25) is 5.02 Å². The Hall–Kier alpha value is -2.95. The normalized spacial score (nSPS) is 10.4. The summed E-state index contributed by atoms with van der Waals surface area (Å²) in [6, 6.07) is 14.7. The first-order valence-electron chi connectivity index (χ1n) is 8.70. The van der Waals surface area contributed by atoms with Gasteiger partial charge in [0.15, 0.2) is 16.7 Å². The van der Waals surface area contributed by atoms with Crippen molar-refractivity contribution in [2.75, 3.05) is 20.0 Å². The molecule has 0 amide bonds. The van der Waals surface area contributed by atoms with Crippen LogP contribution in [0.1, 0.15) is 11.1 Å². The zero-order valence-corrected chi connectivity index (χ0v) is 17.4. The zero-order chi connectivity index (χ0) is 20.8. The van der Waals surface area contributed by atoms with Crippen LogP contribution in [0.4, 0.5) is 0 Å². The lowest BCUT2D eigenvalue weighted by molar-refractivity contribution is 0.355. The maximum atomic E-state index is 12.4. The highest BCUT2D eigenvalue weighted by molar-refractivity contribution is 7.99. The SMILES string of the molecule is COc1ccc(-c2nc(SCCc3ccccc3Cl)[nH]c(=O)c2C#N)cc1OC. The molecule has 2 aromatic carbocycles. The van der Waals surface area contributed by atoms with E-state index in [4.69, 9.17) is 21.1 Å². The van der Waals surface area contributed by atoms with E-state index >= 15 is 0 Å². The van der Waals surface area contributed by atoms with Crippen molar-refractivity contribution in [2.24, 2.45) is 0 Å². The lowest BCUT2D eigenvalue weighted by Crippen LogP contribution is -2.15. The molecule has 0 saturated carbocycles. The van der Waals surface area contributed by atoms with Gasteiger partial charge < -0.3 is 14.5 Å². The number of hydrogen-bond acceptors (Lipinski definition) is 6. The summed E-state index contributed by atoms with van der Waals surface area (Å²) in [5.74, 6) is 1.71. The monoisotopic (exact) mass is 427 g/mol. The summed E-state index contributed by atoms with van der Waals surface area (Å²) < 4.78 is 10.6. The van der Waals surface area contributed by atoms with Gasteiger partial charge in [0.2, 0.25) is 0 Å². The van der Waals surface area contributed by atoms with E-state index in [1.165, 1.54) is 26.0 Å². The molecule has 0 aliphatic carbocycles. The highest BCUT2D eigenvalue weighted by atomic mass is 35.5. The Morgan fingerprint density at radius 3 is 2.62 bits per heavy atom. The number of benzene rings is 2. The second-order valence-corrected chi connectivity index (χ2v) is 7.46. The number of ether oxygens (including phenoxy) is 2. The molecule has 0 atom stereocenters. The highest BCUT2D eigenvalue weighted by Crippen LogP contribution is 2.32. The average molecular weight is 428 g/mol. The Morgan fingerprint density at radius 1 is 1.17 bits per heavy atom. The predicted molar refractivity (Wildman–Crippen MR) is 114 cm³/mol. The molecule has 0 aliphatic heterocycles. The van der Waals surface area contributed by atoms with E-state index in [0.717, 1.165) is 12.0 Å². The van der Waals surface area contributed by atoms with E-state index in [0.29, 0.717) is 38.7 Å². The fourth-order valence-electron chi connectivity index (χ4n) is 2.78. The lowest BCUT2D eigenvalue weighted by Gasteiger charge is -2.11. The van der Waals surface area contributed by atoms with Crippen LogP contribution in [0.3, 0.4) is 0 Å². The molecular weight excluding hydrogens is 410 g/mol. The smallest absolute Gasteiger partial charge is 0.270 e. The predicted octanol–water partition coefficient (Wildman–Crippen LogP) is 4.31. The van der Waals surface area contributed by atoms with Crippen molar-refractivity contribution in [1.82, 2.24) is 9.97 Å². The molecule has 0 unspecified atom stereocenters. The summed E-state index contributed by atoms with van der Waals surface area (Å²) in [5.41, 5.74) is 1.40. The number of aromatic nitrogens is 2. The van der Waals surface area contributed by atoms with E-state index in [-0.39, 0.29) is 5.56 Å². The van der Waals surface area contributed by atoms with Crippen molar-refractivity contribution in [1.29, 1.82) is 5.26 Å². The minimum atomic E-state index is -0.479. The van der Waals surface area contributed by atoms with Gasteiger partial charge in [-0.15, -0.1) is 0 Å². The Balaban J connectivity index is 1.90. The highest BCUT2D eigenvalue weighted by Gasteiger charge is 2.16. The molecule has 148 valence electrons. The molecule has 3 rings (SSSR count). The largest absolute Gasteiger partial charge is 0.493 e. The van der Waals surface area contributed by atoms with E-state index in [1.807, 2.05) is 30.3 Å². The number of H-pyrrole nitrogens is 1. The molecule has 8 heteroatoms. The van der Waals surface area contributed by atoms with Gasteiger partial charge in [-0.3, -0.25) is 4.79 Å². The molecule has 1 heterocycles. The minimum Gasteiger partial charge on any atom is -0.493 e. The number of nitriles is 1. The van der Waals surface area contributed by atoms with Crippen LogP contribution in [-0.2, 0) is 6.42 Å². The fraction of sp³-hybridized carbons (Fsp3) is 0.190. The summed E-state index contributed by atoms with van der Waals surface area (Å²) in [5, 5.41) is 10.6. The van der Waals surface area contributed by atoms with Crippen molar-refractivity contribution < 1.29 is 9.47 Å². The maximum absolute atomic E-state index is 12.4. The fourth-order valence-corrected chi connectivity index (χ4v) is 3.84. The average Bonchev–Trinajstić information content (AvgIpc) is 2.74. The summed E-state index contributed by atoms with van der Waals surface area (Å²) >= 11 is 7.58. The second-order valence-electron chi connectivity index (χ2n) is 5.97. The number of nitrogens with one attached hydrogen (secondary N) is 1. The second kappa shape index (κ2) is 9.50. The number of rotatable bonds is 7. The standard InChI is InChI=1S/C21H18ClN3O3S/c1-27-17-8-7-14(11-18(17)28-2)19-15(12-23)20(26)25-21(24-19)29-10-9-13-5-3-4-6-16(13)22/h3-8,11H,9-10H2,1-2H3,(H,24,25,26). The lowest BCUT2D eigenvalue weighted by atomic mass is 10.1. The third-order valence-corrected chi connectivity index (χ3v) is 5.48. The van der Waals surface area contributed by atoms with Gasteiger partial charge in [-0.25, -0.2) is 4.98 Å². The topological polar surface area (TPSA) is 88.0 Å². The molecule has 1 N–H and O–H groups in total. The van der Waals surface area contributed by atoms with Crippen molar-refractivity contribution in [2.45, 2.75) is 11.6 Å². The number of aryl methyl sites for hydroxylation is 1. The Labute approximate surface area is 177 Å². The summed E-state index contributed by atoms with van der Waals surface area (Å²) in [6.45, 7) is 0. The van der Waals surface area contributed by atoms with Crippen LogP contribution in [0.15, 0.2) is 52.4 Å². The summed E-state index contributed by atoms with van der Waals surface area (Å²) in [6.07, 6.45) is 0.722. The van der Waals surface area contributed by atoms with Crippen LogP contribution >= 0.6 is 23.4 Å². The molecule has 1 aromatic heterocycles. The molecule has 0 radical (unpaired) electrons. The van der Waals surface area contributed by atoms with E-state index in [9.17, 15) is 10.1 Å². The van der Waals surface area contributed by atoms with Crippen molar-refractivity contribution in [3.63, 3.8) is 0 Å². The zero-order valence-electron chi connectivity index (χ0n) is 15.9. The molecule has 0 fully saturated rings. The van der Waals surface area contributed by atoms with Crippen molar-refractivity contribution in [3.8, 4) is 28.8 Å². The Kier molecular flexibility index (Phi) is 6.81. The van der Waals surface area contributed by atoms with Gasteiger partial charge in [0.25, 0.3) is 5.56 Å². The van der Waals surface area contributed by atoms with Gasteiger partial charge in [-0.2, -0.15) is 5.26 Å². The third kappa shape index (κ3) is 4.73. The van der Waals surface area contributed by atoms with Crippen LogP contribution in [-0.4, -0.2) is 29.9 Å². The van der Waals surface area contributed by atoms with E-state index < -0.39 is 5.56 Å². The van der Waals surface area contributed by atoms with E-state index in [2.05, 4.69) is 9.97 Å². The molecule has 0 aliphatic rings. The van der Waals surface area contributed by atoms with Gasteiger partial charge in [0.05, 0.1) is 19.9 Å². The van der Waals surface area contributed by atoms with Gasteiger partial charge in [0.1, 0.15) is 11.6 Å². The van der Waals surface area contributed by atoms with Crippen LogP contribution in [0.25, 0.3) is 11.3 Å². The number of nitrogens with zero attached hydrogens (tertiary/aromatic N) is 2. The van der Waals surface area contributed by atoms with Gasteiger partial charge in [-0.1, -0.05) is 41.6 Å². The van der Waals surface area contributed by atoms with Crippen LogP contribution in [0, 0.1) is 11.3 Å². The van der Waals surface area contributed by atoms with E-state index in [1.54, 1.807) is 18.2 Å². The van der Waals surface area contributed by atoms with Gasteiger partial charge >= 0.3 is 0 Å². The molecule has 0 saturated heterocycles. The first kappa shape index (κ1) is 20.8. The minimum absolute atomic E-state index is 0.0485. The van der Waals surface area contributed by atoms with Crippen LogP contribution < -0.4 is 15.0 Å². The molecule has 29 heavy (non-hydrogen) atoms. The first-order valence-corrected chi connectivity index (χ1v) is 10.1. The summed E-state index contributed by atoms with van der Waals surface area (Å²) in [7, 11) is 3.06. The molecular formula is C21H18ClN3O3S. The molecule has 6 nitrogen and oxygen atoms in total. The Morgan fingerprint density at radius 2 is 1.93 bits per heavy atom. The molecule has 0 spiro atoms. The number of hydrogen-bond donors (Lipinski definition) is 1. The quantitative estimate of drug-likeness (QED) is 0.446. The number of methoxy groups -OCH3 is 2. The molecule has 0 bridgehead atoms. The first-order chi connectivity index (χ1) is 14.1. The van der Waals surface area contributed by atoms with Gasteiger partial charge in [0, 0.05) is 16.3 Å². The summed E-state index contributed by atoms with van der Waals surface area (Å²) in [4.78, 5) is 19.6. The molecule has 3 aromatic rings. The van der Waals surface area contributed by atoms with Gasteiger partial charge in [-0.05, 0) is 36.2 Å².